The summed E-state index contributed by atoms with van der Waals surface area (Å²) in [5, 5.41) is 9.69. The molecule has 5 heteroatoms. The van der Waals surface area contributed by atoms with E-state index in [-0.39, 0.29) is 5.84 Å². The molecule has 2 heterocycles. The molecule has 0 aromatic carbocycles. The number of hydrogen-bond acceptors (Lipinski definition) is 4. The number of amidine groups is 1. The summed E-state index contributed by atoms with van der Waals surface area (Å²) in [6, 6.07) is 8.35. The van der Waals surface area contributed by atoms with Gasteiger partial charge >= 0.3 is 0 Å². The Labute approximate surface area is 117 Å². The van der Waals surface area contributed by atoms with Gasteiger partial charge in [0.25, 0.3) is 0 Å². The minimum atomic E-state index is 0.00535. The standard InChI is InChI=1S/C14H18N4S/c1-10(9-11-5-4-8-19-11)18(2)12-6-3-7-17-13(12)14(15)16/h3-8,10H,9H2,1-2H3,(H3,15,16). The first-order chi connectivity index (χ1) is 9.09. The van der Waals surface area contributed by atoms with Crippen molar-refractivity contribution in [3.05, 3.63) is 46.4 Å². The number of hydrogen-bond donors (Lipinski definition) is 2. The van der Waals surface area contributed by atoms with Crippen molar-refractivity contribution in [2.75, 3.05) is 11.9 Å². The molecule has 2 aromatic rings. The lowest BCUT2D eigenvalue weighted by Gasteiger charge is -2.28. The highest BCUT2D eigenvalue weighted by Crippen LogP contribution is 2.21. The van der Waals surface area contributed by atoms with Gasteiger partial charge in [-0.2, -0.15) is 0 Å². The van der Waals surface area contributed by atoms with Gasteiger partial charge in [0, 0.05) is 30.6 Å². The molecule has 19 heavy (non-hydrogen) atoms. The number of likely N-dealkylation sites (N-methyl/N-ethyl adjacent to an activating group) is 1. The van der Waals surface area contributed by atoms with E-state index >= 15 is 0 Å². The Balaban J connectivity index is 2.19. The smallest absolute Gasteiger partial charge is 0.143 e. The molecule has 0 saturated heterocycles. The average Bonchev–Trinajstić information content (AvgIpc) is 2.90. The molecule has 0 aliphatic heterocycles. The molecular weight excluding hydrogens is 256 g/mol. The summed E-state index contributed by atoms with van der Waals surface area (Å²) in [5.74, 6) is 0.00535. The molecule has 0 fully saturated rings. The van der Waals surface area contributed by atoms with Crippen LogP contribution in [-0.4, -0.2) is 23.9 Å². The lowest BCUT2D eigenvalue weighted by molar-refractivity contribution is 0.686. The number of aromatic nitrogens is 1. The van der Waals surface area contributed by atoms with Crippen molar-refractivity contribution in [2.45, 2.75) is 19.4 Å². The fourth-order valence-corrected chi connectivity index (χ4v) is 2.81. The Bertz CT molecular complexity index is 550. The van der Waals surface area contributed by atoms with Gasteiger partial charge in [0.1, 0.15) is 11.5 Å². The Morgan fingerprint density at radius 2 is 2.26 bits per heavy atom. The van der Waals surface area contributed by atoms with Gasteiger partial charge in [0.05, 0.1) is 5.69 Å². The van der Waals surface area contributed by atoms with E-state index in [0.717, 1.165) is 12.1 Å². The molecule has 0 aliphatic rings. The summed E-state index contributed by atoms with van der Waals surface area (Å²) >= 11 is 1.77. The monoisotopic (exact) mass is 274 g/mol. The molecule has 0 saturated carbocycles. The molecule has 3 N–H and O–H groups in total. The number of pyridine rings is 1. The van der Waals surface area contributed by atoms with Gasteiger partial charge < -0.3 is 10.6 Å². The first-order valence-electron chi connectivity index (χ1n) is 6.14. The summed E-state index contributed by atoms with van der Waals surface area (Å²) in [7, 11) is 2.02. The molecule has 100 valence electrons. The predicted octanol–water partition coefficient (Wildman–Crippen LogP) is 2.49. The van der Waals surface area contributed by atoms with Gasteiger partial charge in [-0.3, -0.25) is 10.4 Å². The second kappa shape index (κ2) is 5.84. The van der Waals surface area contributed by atoms with Crippen LogP contribution in [0.25, 0.3) is 0 Å². The number of anilines is 1. The van der Waals surface area contributed by atoms with Crippen molar-refractivity contribution in [3.8, 4) is 0 Å². The first-order valence-corrected chi connectivity index (χ1v) is 7.02. The zero-order valence-electron chi connectivity index (χ0n) is 11.1. The molecular formula is C14H18N4S. The molecule has 0 radical (unpaired) electrons. The second-order valence-corrected chi connectivity index (χ2v) is 5.56. The maximum Gasteiger partial charge on any atom is 0.143 e. The topological polar surface area (TPSA) is 66.0 Å². The molecule has 2 rings (SSSR count). The Hall–Kier alpha value is -1.88. The van der Waals surface area contributed by atoms with E-state index in [9.17, 15) is 0 Å². The molecule has 1 unspecified atom stereocenters. The van der Waals surface area contributed by atoms with Gasteiger partial charge in [-0.25, -0.2) is 0 Å². The van der Waals surface area contributed by atoms with Gasteiger partial charge in [0.2, 0.25) is 0 Å². The predicted molar refractivity (Wildman–Crippen MR) is 81.1 cm³/mol. The van der Waals surface area contributed by atoms with E-state index in [1.54, 1.807) is 17.5 Å². The maximum atomic E-state index is 7.60. The molecule has 1 atom stereocenters. The largest absolute Gasteiger partial charge is 0.382 e. The van der Waals surface area contributed by atoms with Crippen molar-refractivity contribution in [1.29, 1.82) is 5.41 Å². The minimum absolute atomic E-state index is 0.00535. The molecule has 0 amide bonds. The molecule has 2 aromatic heterocycles. The highest BCUT2D eigenvalue weighted by molar-refractivity contribution is 7.09. The van der Waals surface area contributed by atoms with Crippen molar-refractivity contribution >= 4 is 22.9 Å². The summed E-state index contributed by atoms with van der Waals surface area (Å²) < 4.78 is 0. The third-order valence-corrected chi connectivity index (χ3v) is 4.06. The zero-order chi connectivity index (χ0) is 13.8. The molecule has 0 aliphatic carbocycles. The summed E-state index contributed by atoms with van der Waals surface area (Å²) in [6.45, 7) is 2.16. The van der Waals surface area contributed by atoms with Crippen LogP contribution in [0.2, 0.25) is 0 Å². The second-order valence-electron chi connectivity index (χ2n) is 4.53. The number of nitrogens with two attached hydrogens (primary N) is 1. The average molecular weight is 274 g/mol. The molecule has 4 nitrogen and oxygen atoms in total. The van der Waals surface area contributed by atoms with Crippen molar-refractivity contribution in [3.63, 3.8) is 0 Å². The van der Waals surface area contributed by atoms with Crippen LogP contribution in [0.1, 0.15) is 17.5 Å². The van der Waals surface area contributed by atoms with Crippen LogP contribution in [0.5, 0.6) is 0 Å². The van der Waals surface area contributed by atoms with Crippen molar-refractivity contribution < 1.29 is 0 Å². The quantitative estimate of drug-likeness (QED) is 0.650. The molecule has 0 bridgehead atoms. The van der Waals surface area contributed by atoms with E-state index in [0.29, 0.717) is 11.7 Å². The summed E-state index contributed by atoms with van der Waals surface area (Å²) in [6.07, 6.45) is 2.64. The SMILES string of the molecule is CC(Cc1cccs1)N(C)c1cccnc1C(=N)N. The van der Waals surface area contributed by atoms with Crippen LogP contribution in [0, 0.1) is 5.41 Å². The lowest BCUT2D eigenvalue weighted by Crippen LogP contribution is -2.32. The van der Waals surface area contributed by atoms with Crippen molar-refractivity contribution in [1.82, 2.24) is 4.98 Å². The van der Waals surface area contributed by atoms with E-state index in [4.69, 9.17) is 11.1 Å². The number of rotatable bonds is 5. The number of nitrogen functional groups attached to an aromatic ring is 1. The molecule has 0 spiro atoms. The van der Waals surface area contributed by atoms with Gasteiger partial charge in [0.15, 0.2) is 0 Å². The Morgan fingerprint density at radius 1 is 1.47 bits per heavy atom. The van der Waals surface area contributed by atoms with Crippen LogP contribution in [0.4, 0.5) is 5.69 Å². The third kappa shape index (κ3) is 3.12. The van der Waals surface area contributed by atoms with Crippen LogP contribution in [0.15, 0.2) is 35.8 Å². The Morgan fingerprint density at radius 3 is 2.89 bits per heavy atom. The fraction of sp³-hybridized carbons (Fsp3) is 0.286. The highest BCUT2D eigenvalue weighted by atomic mass is 32.1. The first kappa shape index (κ1) is 13.5. The van der Waals surface area contributed by atoms with Crippen LogP contribution >= 0.6 is 11.3 Å². The van der Waals surface area contributed by atoms with Gasteiger partial charge in [-0.05, 0) is 30.5 Å². The van der Waals surface area contributed by atoms with Crippen LogP contribution in [-0.2, 0) is 6.42 Å². The van der Waals surface area contributed by atoms with Crippen LogP contribution < -0.4 is 10.6 Å². The van der Waals surface area contributed by atoms with E-state index < -0.39 is 0 Å². The third-order valence-electron chi connectivity index (χ3n) is 3.16. The lowest BCUT2D eigenvalue weighted by atomic mass is 10.1. The number of nitrogens with zero attached hydrogens (tertiary/aromatic N) is 2. The van der Waals surface area contributed by atoms with Gasteiger partial charge in [-0.15, -0.1) is 11.3 Å². The van der Waals surface area contributed by atoms with E-state index in [1.165, 1.54) is 4.88 Å². The summed E-state index contributed by atoms with van der Waals surface area (Å²) in [4.78, 5) is 7.67. The minimum Gasteiger partial charge on any atom is -0.382 e. The number of nitrogens with one attached hydrogen (secondary N) is 1. The highest BCUT2D eigenvalue weighted by Gasteiger charge is 2.16. The number of thiophene rings is 1. The van der Waals surface area contributed by atoms with E-state index in [2.05, 4.69) is 34.3 Å². The van der Waals surface area contributed by atoms with Crippen LogP contribution in [0.3, 0.4) is 0 Å². The maximum absolute atomic E-state index is 7.60. The fourth-order valence-electron chi connectivity index (χ4n) is 1.98. The summed E-state index contributed by atoms with van der Waals surface area (Å²) in [5.41, 5.74) is 7.03. The van der Waals surface area contributed by atoms with E-state index in [1.807, 2.05) is 19.2 Å². The Kier molecular flexibility index (Phi) is 4.16. The normalized spacial score (nSPS) is 12.1. The van der Waals surface area contributed by atoms with Crippen molar-refractivity contribution in [2.24, 2.45) is 5.73 Å². The van der Waals surface area contributed by atoms with Gasteiger partial charge in [-0.1, -0.05) is 6.07 Å². The zero-order valence-corrected chi connectivity index (χ0v) is 11.9.